The van der Waals surface area contributed by atoms with E-state index in [4.69, 9.17) is 4.74 Å². The molecular weight excluding hydrogens is 300 g/mol. The molecule has 0 saturated carbocycles. The molecule has 1 aliphatic rings. The summed E-state index contributed by atoms with van der Waals surface area (Å²) in [7, 11) is 0. The van der Waals surface area contributed by atoms with Crippen LogP contribution in [0.2, 0.25) is 0 Å². The summed E-state index contributed by atoms with van der Waals surface area (Å²) in [4.78, 5) is 14.3. The lowest BCUT2D eigenvalue weighted by atomic mass is 10.0. The second-order valence-electron chi connectivity index (χ2n) is 5.54. The molecule has 1 amide bonds. The zero-order valence-electron chi connectivity index (χ0n) is 12.5. The third-order valence-electron chi connectivity index (χ3n) is 3.95. The van der Waals surface area contributed by atoms with Crippen molar-refractivity contribution in [3.63, 3.8) is 0 Å². The van der Waals surface area contributed by atoms with Crippen molar-refractivity contribution in [2.45, 2.75) is 12.5 Å². The Morgan fingerprint density at radius 2 is 1.91 bits per heavy atom. The standard InChI is InChI=1S/C18H17F2NO2/c19-15-6-4-14(5-7-15)17-12-23-9-8-21(17)18(22)11-13-2-1-3-16(20)10-13/h1-7,10,17H,8-9,11-12H2. The fourth-order valence-electron chi connectivity index (χ4n) is 2.79. The molecule has 120 valence electrons. The van der Waals surface area contributed by atoms with Gasteiger partial charge in [0.25, 0.3) is 0 Å². The first-order valence-electron chi connectivity index (χ1n) is 7.50. The molecule has 0 spiro atoms. The average Bonchev–Trinajstić information content (AvgIpc) is 2.55. The molecule has 1 saturated heterocycles. The quantitative estimate of drug-likeness (QED) is 0.870. The number of carbonyl (C=O) groups is 1. The lowest BCUT2D eigenvalue weighted by molar-refractivity contribution is -0.139. The molecule has 0 aromatic heterocycles. The molecule has 1 atom stereocenters. The highest BCUT2D eigenvalue weighted by Gasteiger charge is 2.28. The lowest BCUT2D eigenvalue weighted by Gasteiger charge is -2.36. The minimum atomic E-state index is -0.354. The predicted octanol–water partition coefficient (Wildman–Crippen LogP) is 3.11. The Bertz CT molecular complexity index is 688. The molecule has 23 heavy (non-hydrogen) atoms. The summed E-state index contributed by atoms with van der Waals surface area (Å²) in [5, 5.41) is 0. The van der Waals surface area contributed by atoms with Gasteiger partial charge in [0.05, 0.1) is 25.7 Å². The van der Waals surface area contributed by atoms with Crippen LogP contribution in [-0.4, -0.2) is 30.6 Å². The molecule has 1 fully saturated rings. The zero-order valence-corrected chi connectivity index (χ0v) is 12.5. The van der Waals surface area contributed by atoms with Gasteiger partial charge < -0.3 is 9.64 Å². The maximum atomic E-state index is 13.3. The molecule has 5 heteroatoms. The van der Waals surface area contributed by atoms with Crippen LogP contribution in [0.25, 0.3) is 0 Å². The first-order valence-corrected chi connectivity index (χ1v) is 7.50. The fourth-order valence-corrected chi connectivity index (χ4v) is 2.79. The maximum Gasteiger partial charge on any atom is 0.227 e. The summed E-state index contributed by atoms with van der Waals surface area (Å²) >= 11 is 0. The summed E-state index contributed by atoms with van der Waals surface area (Å²) in [6.45, 7) is 1.31. The van der Waals surface area contributed by atoms with Crippen LogP contribution in [0.5, 0.6) is 0 Å². The third-order valence-corrected chi connectivity index (χ3v) is 3.95. The van der Waals surface area contributed by atoms with Crippen LogP contribution in [0.4, 0.5) is 8.78 Å². The van der Waals surface area contributed by atoms with Crippen LogP contribution in [0.1, 0.15) is 17.2 Å². The number of rotatable bonds is 3. The molecule has 0 aliphatic carbocycles. The van der Waals surface area contributed by atoms with Gasteiger partial charge >= 0.3 is 0 Å². The number of nitrogens with zero attached hydrogens (tertiary/aromatic N) is 1. The normalized spacial score (nSPS) is 18.0. The van der Waals surface area contributed by atoms with Crippen LogP contribution in [0.15, 0.2) is 48.5 Å². The van der Waals surface area contributed by atoms with E-state index in [-0.39, 0.29) is 30.0 Å². The van der Waals surface area contributed by atoms with Gasteiger partial charge in [-0.15, -0.1) is 0 Å². The van der Waals surface area contributed by atoms with Crippen molar-refractivity contribution in [3.8, 4) is 0 Å². The van der Waals surface area contributed by atoms with Crippen molar-refractivity contribution in [3.05, 3.63) is 71.3 Å². The number of hydrogen-bond donors (Lipinski definition) is 0. The van der Waals surface area contributed by atoms with Gasteiger partial charge in [-0.3, -0.25) is 4.79 Å². The van der Waals surface area contributed by atoms with E-state index in [1.54, 1.807) is 29.2 Å². The number of halogens is 2. The van der Waals surface area contributed by atoms with Gasteiger partial charge in [-0.25, -0.2) is 8.78 Å². The van der Waals surface area contributed by atoms with E-state index in [9.17, 15) is 13.6 Å². The van der Waals surface area contributed by atoms with Gasteiger partial charge in [0.1, 0.15) is 11.6 Å². The van der Waals surface area contributed by atoms with E-state index in [0.29, 0.717) is 25.3 Å². The van der Waals surface area contributed by atoms with Crippen LogP contribution < -0.4 is 0 Å². The molecule has 1 unspecified atom stereocenters. The van der Waals surface area contributed by atoms with Crippen molar-refractivity contribution in [1.29, 1.82) is 0 Å². The first-order chi connectivity index (χ1) is 11.1. The van der Waals surface area contributed by atoms with Crippen LogP contribution in [-0.2, 0) is 16.0 Å². The summed E-state index contributed by atoms with van der Waals surface area (Å²) < 4.78 is 31.8. The van der Waals surface area contributed by atoms with E-state index < -0.39 is 0 Å². The van der Waals surface area contributed by atoms with Gasteiger partial charge in [0, 0.05) is 6.54 Å². The Hall–Kier alpha value is -2.27. The summed E-state index contributed by atoms with van der Waals surface area (Å²) in [6, 6.07) is 11.9. The average molecular weight is 317 g/mol. The van der Waals surface area contributed by atoms with Crippen LogP contribution >= 0.6 is 0 Å². The van der Waals surface area contributed by atoms with Crippen molar-refractivity contribution >= 4 is 5.91 Å². The predicted molar refractivity (Wildman–Crippen MR) is 81.8 cm³/mol. The molecule has 2 aromatic carbocycles. The van der Waals surface area contributed by atoms with E-state index in [2.05, 4.69) is 0 Å². The Balaban J connectivity index is 1.77. The molecule has 0 radical (unpaired) electrons. The number of hydrogen-bond acceptors (Lipinski definition) is 2. The van der Waals surface area contributed by atoms with Crippen molar-refractivity contribution < 1.29 is 18.3 Å². The Morgan fingerprint density at radius 1 is 1.13 bits per heavy atom. The molecule has 2 aromatic rings. The Morgan fingerprint density at radius 3 is 2.65 bits per heavy atom. The Labute approximate surface area is 133 Å². The fraction of sp³-hybridized carbons (Fsp3) is 0.278. The van der Waals surface area contributed by atoms with Crippen LogP contribution in [0.3, 0.4) is 0 Å². The monoisotopic (exact) mass is 317 g/mol. The summed E-state index contributed by atoms with van der Waals surface area (Å²) in [6.07, 6.45) is 0.134. The van der Waals surface area contributed by atoms with E-state index in [1.165, 1.54) is 24.3 Å². The SMILES string of the molecule is O=C(Cc1cccc(F)c1)N1CCOCC1c1ccc(F)cc1. The molecule has 1 aliphatic heterocycles. The highest BCUT2D eigenvalue weighted by Crippen LogP contribution is 2.25. The van der Waals surface area contributed by atoms with Gasteiger partial charge in [0.2, 0.25) is 5.91 Å². The number of ether oxygens (including phenoxy) is 1. The van der Waals surface area contributed by atoms with Crippen molar-refractivity contribution in [2.75, 3.05) is 19.8 Å². The minimum Gasteiger partial charge on any atom is -0.377 e. The van der Waals surface area contributed by atoms with Gasteiger partial charge in [-0.1, -0.05) is 24.3 Å². The topological polar surface area (TPSA) is 29.5 Å². The maximum absolute atomic E-state index is 13.3. The van der Waals surface area contributed by atoms with E-state index in [0.717, 1.165) is 5.56 Å². The van der Waals surface area contributed by atoms with Crippen molar-refractivity contribution in [2.24, 2.45) is 0 Å². The highest BCUT2D eigenvalue weighted by atomic mass is 19.1. The van der Waals surface area contributed by atoms with Gasteiger partial charge in [0.15, 0.2) is 0 Å². The van der Waals surface area contributed by atoms with Gasteiger partial charge in [-0.2, -0.15) is 0 Å². The van der Waals surface area contributed by atoms with Crippen LogP contribution in [0, 0.1) is 11.6 Å². The number of benzene rings is 2. The van der Waals surface area contributed by atoms with Gasteiger partial charge in [-0.05, 0) is 35.4 Å². The third kappa shape index (κ3) is 3.74. The second-order valence-corrected chi connectivity index (χ2v) is 5.54. The van der Waals surface area contributed by atoms with E-state index in [1.807, 2.05) is 0 Å². The molecule has 0 bridgehead atoms. The molecular formula is C18H17F2NO2. The number of morpholine rings is 1. The smallest absolute Gasteiger partial charge is 0.227 e. The Kier molecular flexibility index (Phi) is 4.67. The molecule has 1 heterocycles. The first kappa shape index (κ1) is 15.6. The zero-order chi connectivity index (χ0) is 16.2. The largest absolute Gasteiger partial charge is 0.377 e. The molecule has 3 nitrogen and oxygen atoms in total. The van der Waals surface area contributed by atoms with E-state index >= 15 is 0 Å². The molecule has 0 N–H and O–H groups in total. The molecule has 3 rings (SSSR count). The number of carbonyl (C=O) groups excluding carboxylic acids is 1. The minimum absolute atomic E-state index is 0.0896. The highest BCUT2D eigenvalue weighted by molar-refractivity contribution is 5.79. The lowest BCUT2D eigenvalue weighted by Crippen LogP contribution is -2.44. The second kappa shape index (κ2) is 6.87. The number of amides is 1. The summed E-state index contributed by atoms with van der Waals surface area (Å²) in [5.41, 5.74) is 1.47. The summed E-state index contributed by atoms with van der Waals surface area (Å²) in [5.74, 6) is -0.760. The van der Waals surface area contributed by atoms with Crippen molar-refractivity contribution in [1.82, 2.24) is 4.90 Å².